The van der Waals surface area contributed by atoms with Gasteiger partial charge in [0.25, 0.3) is 0 Å². The van der Waals surface area contributed by atoms with E-state index in [2.05, 4.69) is 12.2 Å². The van der Waals surface area contributed by atoms with E-state index in [0.717, 1.165) is 18.2 Å². The number of nitrogens with one attached hydrogen (secondary N) is 1. The van der Waals surface area contributed by atoms with E-state index in [1.807, 2.05) is 12.1 Å². The average molecular weight is 281 g/mol. The summed E-state index contributed by atoms with van der Waals surface area (Å²) in [4.78, 5) is 0.434. The highest BCUT2D eigenvalue weighted by atomic mass is 32.2. The third-order valence-corrected chi connectivity index (χ3v) is 5.77. The summed E-state index contributed by atoms with van der Waals surface area (Å²) < 4.78 is 24.1. The molecule has 1 aromatic rings. The minimum Gasteiger partial charge on any atom is -0.384 e. The molecule has 4 heteroatoms. The van der Waals surface area contributed by atoms with E-state index in [9.17, 15) is 8.42 Å². The third-order valence-electron chi connectivity index (χ3n) is 3.99. The topological polar surface area (TPSA) is 46.2 Å². The Morgan fingerprint density at radius 1 is 1.26 bits per heavy atom. The van der Waals surface area contributed by atoms with E-state index in [0.29, 0.717) is 10.8 Å². The van der Waals surface area contributed by atoms with E-state index in [4.69, 9.17) is 0 Å². The van der Waals surface area contributed by atoms with Gasteiger partial charge in [-0.3, -0.25) is 0 Å². The predicted octanol–water partition coefficient (Wildman–Crippen LogP) is 3.33. The van der Waals surface area contributed by atoms with Crippen molar-refractivity contribution in [3.05, 3.63) is 24.3 Å². The molecule has 3 nitrogen and oxygen atoms in total. The molecule has 0 spiro atoms. The minimum atomic E-state index is -3.15. The Kier molecular flexibility index (Phi) is 4.50. The largest absolute Gasteiger partial charge is 0.384 e. The van der Waals surface area contributed by atoms with E-state index in [-0.39, 0.29) is 5.75 Å². The molecule has 1 aliphatic carbocycles. The van der Waals surface area contributed by atoms with Crippen molar-refractivity contribution in [1.82, 2.24) is 0 Å². The molecule has 0 amide bonds. The fourth-order valence-corrected chi connectivity index (χ4v) is 3.88. The Morgan fingerprint density at radius 2 is 2.00 bits per heavy atom. The summed E-state index contributed by atoms with van der Waals surface area (Å²) in [7, 11) is -3.15. The zero-order chi connectivity index (χ0) is 13.9. The monoisotopic (exact) mass is 281 g/mol. The molecule has 1 aliphatic rings. The van der Waals surface area contributed by atoms with Gasteiger partial charge in [0.2, 0.25) is 0 Å². The Labute approximate surface area is 116 Å². The van der Waals surface area contributed by atoms with Crippen LogP contribution in [0.5, 0.6) is 0 Å². The van der Waals surface area contributed by atoms with Gasteiger partial charge in [-0.25, -0.2) is 8.42 Å². The van der Waals surface area contributed by atoms with Gasteiger partial charge in [-0.2, -0.15) is 0 Å². The SMILES string of the molecule is CCS(=O)(=O)c1ccccc1NCC1CCC(C)C1. The van der Waals surface area contributed by atoms with Crippen LogP contribution in [0.2, 0.25) is 0 Å². The van der Waals surface area contributed by atoms with Crippen LogP contribution in [-0.4, -0.2) is 20.7 Å². The number of hydrogen-bond donors (Lipinski definition) is 1. The first-order chi connectivity index (χ1) is 9.03. The smallest absolute Gasteiger partial charge is 0.180 e. The number of benzene rings is 1. The standard InChI is InChI=1S/C15H23NO2S/c1-3-19(17,18)15-7-5-4-6-14(15)16-11-13-9-8-12(2)10-13/h4-7,12-13,16H,3,8-11H2,1-2H3. The molecule has 0 aliphatic heterocycles. The summed E-state index contributed by atoms with van der Waals surface area (Å²) in [6, 6.07) is 7.22. The van der Waals surface area contributed by atoms with Crippen molar-refractivity contribution in [2.75, 3.05) is 17.6 Å². The van der Waals surface area contributed by atoms with Gasteiger partial charge in [-0.05, 0) is 36.8 Å². The molecule has 0 saturated heterocycles. The Bertz CT molecular complexity index is 525. The zero-order valence-corrected chi connectivity index (χ0v) is 12.5. The maximum absolute atomic E-state index is 12.0. The van der Waals surface area contributed by atoms with Gasteiger partial charge in [0, 0.05) is 6.54 Å². The maximum Gasteiger partial charge on any atom is 0.180 e. The molecule has 2 unspecified atom stereocenters. The molecular weight excluding hydrogens is 258 g/mol. The van der Waals surface area contributed by atoms with Gasteiger partial charge in [0.05, 0.1) is 16.3 Å². The van der Waals surface area contributed by atoms with Gasteiger partial charge in [-0.1, -0.05) is 32.4 Å². The highest BCUT2D eigenvalue weighted by molar-refractivity contribution is 7.91. The number of rotatable bonds is 5. The molecule has 2 rings (SSSR count). The molecule has 0 radical (unpaired) electrons. The highest BCUT2D eigenvalue weighted by Crippen LogP contribution is 2.31. The Balaban J connectivity index is 2.08. The van der Waals surface area contributed by atoms with Gasteiger partial charge < -0.3 is 5.32 Å². The summed E-state index contributed by atoms with van der Waals surface area (Å²) in [6.45, 7) is 4.85. The van der Waals surface area contributed by atoms with Gasteiger partial charge in [0.1, 0.15) is 0 Å². The fraction of sp³-hybridized carbons (Fsp3) is 0.600. The second kappa shape index (κ2) is 5.95. The first kappa shape index (κ1) is 14.4. The second-order valence-corrected chi connectivity index (χ2v) is 7.81. The van der Waals surface area contributed by atoms with Gasteiger partial charge in [-0.15, -0.1) is 0 Å². The molecule has 0 heterocycles. The molecule has 1 N–H and O–H groups in total. The van der Waals surface area contributed by atoms with Gasteiger partial charge in [0.15, 0.2) is 9.84 Å². The quantitative estimate of drug-likeness (QED) is 0.900. The molecule has 106 valence electrons. The fourth-order valence-electron chi connectivity index (χ4n) is 2.80. The normalized spacial score (nSPS) is 23.5. The third kappa shape index (κ3) is 3.50. The van der Waals surface area contributed by atoms with Crippen molar-refractivity contribution in [3.63, 3.8) is 0 Å². The van der Waals surface area contributed by atoms with Gasteiger partial charge >= 0.3 is 0 Å². The summed E-state index contributed by atoms with van der Waals surface area (Å²) in [5.74, 6) is 1.63. The van der Waals surface area contributed by atoms with Crippen LogP contribution in [0.4, 0.5) is 5.69 Å². The number of anilines is 1. The second-order valence-electron chi connectivity index (χ2n) is 5.56. The van der Waals surface area contributed by atoms with E-state index < -0.39 is 9.84 Å². The first-order valence-corrected chi connectivity index (χ1v) is 8.74. The molecule has 1 saturated carbocycles. The lowest BCUT2D eigenvalue weighted by molar-refractivity contribution is 0.536. The predicted molar refractivity (Wildman–Crippen MR) is 79.2 cm³/mol. The number of para-hydroxylation sites is 1. The Morgan fingerprint density at radius 3 is 2.63 bits per heavy atom. The lowest BCUT2D eigenvalue weighted by Crippen LogP contribution is -2.14. The first-order valence-electron chi connectivity index (χ1n) is 7.08. The molecule has 1 fully saturated rings. The van der Waals surface area contributed by atoms with E-state index in [1.165, 1.54) is 19.3 Å². The van der Waals surface area contributed by atoms with Crippen molar-refractivity contribution in [2.24, 2.45) is 11.8 Å². The number of hydrogen-bond acceptors (Lipinski definition) is 3. The summed E-state index contributed by atoms with van der Waals surface area (Å²) >= 11 is 0. The lowest BCUT2D eigenvalue weighted by Gasteiger charge is -2.15. The minimum absolute atomic E-state index is 0.145. The summed E-state index contributed by atoms with van der Waals surface area (Å²) in [5, 5.41) is 3.34. The van der Waals surface area contributed by atoms with Crippen molar-refractivity contribution in [2.45, 2.75) is 38.0 Å². The van der Waals surface area contributed by atoms with Crippen LogP contribution < -0.4 is 5.32 Å². The molecule has 0 aromatic heterocycles. The average Bonchev–Trinajstić information content (AvgIpc) is 2.82. The van der Waals surface area contributed by atoms with Crippen LogP contribution in [0.3, 0.4) is 0 Å². The van der Waals surface area contributed by atoms with Crippen LogP contribution in [0.15, 0.2) is 29.2 Å². The lowest BCUT2D eigenvalue weighted by atomic mass is 10.1. The maximum atomic E-state index is 12.0. The van der Waals surface area contributed by atoms with Crippen LogP contribution in [-0.2, 0) is 9.84 Å². The Hall–Kier alpha value is -1.03. The van der Waals surface area contributed by atoms with Crippen LogP contribution in [0, 0.1) is 11.8 Å². The van der Waals surface area contributed by atoms with E-state index in [1.54, 1.807) is 19.1 Å². The molecule has 2 atom stereocenters. The van der Waals surface area contributed by atoms with Crippen LogP contribution in [0.25, 0.3) is 0 Å². The summed E-state index contributed by atoms with van der Waals surface area (Å²) in [5.41, 5.74) is 0.754. The number of sulfone groups is 1. The van der Waals surface area contributed by atoms with E-state index >= 15 is 0 Å². The van der Waals surface area contributed by atoms with Crippen molar-refractivity contribution in [3.8, 4) is 0 Å². The highest BCUT2D eigenvalue weighted by Gasteiger charge is 2.22. The van der Waals surface area contributed by atoms with Crippen LogP contribution in [0.1, 0.15) is 33.1 Å². The summed E-state index contributed by atoms with van der Waals surface area (Å²) in [6.07, 6.45) is 3.79. The van der Waals surface area contributed by atoms with Crippen molar-refractivity contribution >= 4 is 15.5 Å². The molecule has 1 aromatic carbocycles. The molecular formula is C15H23NO2S. The van der Waals surface area contributed by atoms with Crippen molar-refractivity contribution < 1.29 is 8.42 Å². The molecule has 19 heavy (non-hydrogen) atoms. The zero-order valence-electron chi connectivity index (χ0n) is 11.7. The molecule has 0 bridgehead atoms. The van der Waals surface area contributed by atoms with Crippen LogP contribution >= 0.6 is 0 Å². The van der Waals surface area contributed by atoms with Crippen molar-refractivity contribution in [1.29, 1.82) is 0 Å².